The van der Waals surface area contributed by atoms with Gasteiger partial charge >= 0.3 is 23.1 Å². The SMILES string of the molecule is C[SiH3].O.[H-].[H-].[Mg+2]. The van der Waals surface area contributed by atoms with Crippen LogP contribution in [0.5, 0.6) is 0 Å². The Morgan fingerprint density at radius 2 is 1.50 bits per heavy atom. The molecule has 1 nitrogen and oxygen atoms in total. The molecule has 26 valence electrons. The van der Waals surface area contributed by atoms with Crippen molar-refractivity contribution in [3.63, 3.8) is 0 Å². The standard InChI is InChI=1S/CH6Si.Mg.H2O.2H/c1-2;;;;/h1-2H3;;1H2;;/q;+2;;2*-1. The van der Waals surface area contributed by atoms with Crippen LogP contribution >= 0.6 is 0 Å². The molecule has 0 amide bonds. The summed E-state index contributed by atoms with van der Waals surface area (Å²) >= 11 is 0. The maximum atomic E-state index is 2.14. The van der Waals surface area contributed by atoms with E-state index in [1.54, 1.807) is 0 Å². The van der Waals surface area contributed by atoms with Crippen molar-refractivity contribution in [3.8, 4) is 0 Å². The van der Waals surface area contributed by atoms with Gasteiger partial charge in [0.1, 0.15) is 0 Å². The van der Waals surface area contributed by atoms with Gasteiger partial charge in [0, 0.05) is 0 Å². The van der Waals surface area contributed by atoms with Crippen LogP contribution in [0, 0.1) is 0 Å². The van der Waals surface area contributed by atoms with Crippen LogP contribution in [-0.2, 0) is 0 Å². The Bertz CT molecular complexity index is 13.5. The molecule has 0 spiro atoms. The molecule has 0 fully saturated rings. The van der Waals surface area contributed by atoms with E-state index >= 15 is 0 Å². The summed E-state index contributed by atoms with van der Waals surface area (Å²) < 4.78 is 0. The molecule has 0 aliphatic heterocycles. The Kier molecular flexibility index (Phi) is 195. The van der Waals surface area contributed by atoms with E-state index < -0.39 is 0 Å². The van der Waals surface area contributed by atoms with Gasteiger partial charge in [0.2, 0.25) is 0 Å². The molecule has 0 aromatic rings. The zero-order valence-corrected chi connectivity index (χ0v) is 6.62. The molecule has 0 atom stereocenters. The summed E-state index contributed by atoms with van der Waals surface area (Å²) in [5, 5.41) is 0. The van der Waals surface area contributed by atoms with Gasteiger partial charge < -0.3 is 8.33 Å². The Balaban J connectivity index is -0.000000000833. The molecule has 0 unspecified atom stereocenters. The van der Waals surface area contributed by atoms with Gasteiger partial charge in [-0.25, -0.2) is 0 Å². The third kappa shape index (κ3) is 12.5. The summed E-state index contributed by atoms with van der Waals surface area (Å²) in [5.41, 5.74) is 0. The normalized spacial score (nSPS) is 2.25. The van der Waals surface area contributed by atoms with Crippen molar-refractivity contribution in [2.75, 3.05) is 0 Å². The van der Waals surface area contributed by atoms with Gasteiger partial charge in [-0.05, 0) is 10.2 Å². The molecule has 3 heteroatoms. The van der Waals surface area contributed by atoms with Crippen molar-refractivity contribution in [1.29, 1.82) is 0 Å². The second kappa shape index (κ2) is 38.4. The number of hydrogen-bond donors (Lipinski definition) is 0. The second-order valence-electron chi connectivity index (χ2n) is 0. The molecule has 4 heavy (non-hydrogen) atoms. The first kappa shape index (κ1) is 20.4. The van der Waals surface area contributed by atoms with Crippen LogP contribution in [-0.4, -0.2) is 38.8 Å². The van der Waals surface area contributed by atoms with Crippen LogP contribution in [0.2, 0.25) is 6.55 Å². The predicted octanol–water partition coefficient (Wildman–Crippen LogP) is -1.58. The third-order valence-electron chi connectivity index (χ3n) is 0. The largest absolute Gasteiger partial charge is 2.00 e. The van der Waals surface area contributed by atoms with E-state index in [9.17, 15) is 0 Å². The van der Waals surface area contributed by atoms with Gasteiger partial charge in [-0.1, -0.05) is 6.55 Å². The summed E-state index contributed by atoms with van der Waals surface area (Å²) in [6, 6.07) is 0. The van der Waals surface area contributed by atoms with Crippen LogP contribution in [0.25, 0.3) is 0 Å². The van der Waals surface area contributed by atoms with Crippen LogP contribution in [0.4, 0.5) is 0 Å². The molecule has 0 aliphatic rings. The van der Waals surface area contributed by atoms with Crippen molar-refractivity contribution in [2.24, 2.45) is 0 Å². The molecular weight excluding hydrogens is 80.4 g/mol. The van der Waals surface area contributed by atoms with Gasteiger partial charge in [0.15, 0.2) is 0 Å². The van der Waals surface area contributed by atoms with Crippen LogP contribution < -0.4 is 0 Å². The van der Waals surface area contributed by atoms with E-state index in [1.807, 2.05) is 0 Å². The van der Waals surface area contributed by atoms with E-state index in [-0.39, 0.29) is 31.4 Å². The van der Waals surface area contributed by atoms with E-state index in [1.165, 1.54) is 10.2 Å². The smallest absolute Gasteiger partial charge is 1.00 e. The van der Waals surface area contributed by atoms with Crippen molar-refractivity contribution in [2.45, 2.75) is 6.55 Å². The van der Waals surface area contributed by atoms with Gasteiger partial charge in [0.05, 0.1) is 0 Å². The maximum Gasteiger partial charge on any atom is 2.00 e. The first-order valence-electron chi connectivity index (χ1n) is 1.00. The van der Waals surface area contributed by atoms with Crippen molar-refractivity contribution < 1.29 is 8.33 Å². The zero-order valence-electron chi connectivity index (χ0n) is 5.21. The minimum atomic E-state index is 0. The molecular formula is CH10MgOSi. The molecule has 0 saturated heterocycles. The molecule has 0 radical (unpaired) electrons. The Morgan fingerprint density at radius 3 is 1.50 bits per heavy atom. The quantitative estimate of drug-likeness (QED) is 0.322. The summed E-state index contributed by atoms with van der Waals surface area (Å²) in [7, 11) is 1.31. The molecule has 0 bridgehead atoms. The molecule has 0 aromatic heterocycles. The molecule has 0 saturated carbocycles. The fourth-order valence-electron chi connectivity index (χ4n) is 0. The Morgan fingerprint density at radius 1 is 1.50 bits per heavy atom. The van der Waals surface area contributed by atoms with Crippen LogP contribution in [0.3, 0.4) is 0 Å². The summed E-state index contributed by atoms with van der Waals surface area (Å²) in [4.78, 5) is 0. The monoisotopic (exact) mass is 90.0 g/mol. The zero-order chi connectivity index (χ0) is 2.00. The minimum Gasteiger partial charge on any atom is -1.00 e. The fraction of sp³-hybridized carbons (Fsp3) is 1.00. The van der Waals surface area contributed by atoms with Crippen molar-refractivity contribution in [3.05, 3.63) is 0 Å². The minimum absolute atomic E-state index is 0. The van der Waals surface area contributed by atoms with E-state index in [2.05, 4.69) is 6.55 Å². The third-order valence-corrected chi connectivity index (χ3v) is 0. The van der Waals surface area contributed by atoms with Gasteiger partial charge in [-0.2, -0.15) is 0 Å². The summed E-state index contributed by atoms with van der Waals surface area (Å²) in [6.07, 6.45) is 0. The van der Waals surface area contributed by atoms with E-state index in [0.717, 1.165) is 0 Å². The maximum absolute atomic E-state index is 2.14. The number of hydrogen-bond acceptors (Lipinski definition) is 0. The molecule has 0 rings (SSSR count). The topological polar surface area (TPSA) is 31.5 Å². The van der Waals surface area contributed by atoms with Gasteiger partial charge in [-0.3, -0.25) is 0 Å². The first-order chi connectivity index (χ1) is 1.00. The fourth-order valence-corrected chi connectivity index (χ4v) is 0. The van der Waals surface area contributed by atoms with E-state index in [0.29, 0.717) is 0 Å². The van der Waals surface area contributed by atoms with Gasteiger partial charge in [-0.15, -0.1) is 0 Å². The first-order valence-corrected chi connectivity index (χ1v) is 3.00. The predicted molar refractivity (Wildman–Crippen MR) is 27.4 cm³/mol. The van der Waals surface area contributed by atoms with Crippen molar-refractivity contribution >= 4 is 33.3 Å². The summed E-state index contributed by atoms with van der Waals surface area (Å²) in [5.74, 6) is 0. The van der Waals surface area contributed by atoms with Crippen LogP contribution in [0.15, 0.2) is 0 Å². The molecule has 0 aliphatic carbocycles. The van der Waals surface area contributed by atoms with Gasteiger partial charge in [0.25, 0.3) is 0 Å². The average Bonchev–Trinajstić information content (AvgIpc) is 1.00. The average molecular weight is 90.5 g/mol. The van der Waals surface area contributed by atoms with Crippen LogP contribution in [0.1, 0.15) is 2.85 Å². The Hall–Kier alpha value is 0.943. The second-order valence-corrected chi connectivity index (χ2v) is 0. The van der Waals surface area contributed by atoms with Crippen molar-refractivity contribution in [1.82, 2.24) is 0 Å². The Labute approximate surface area is 48.6 Å². The number of rotatable bonds is 0. The molecule has 0 aromatic carbocycles. The molecule has 2 N–H and O–H groups in total. The summed E-state index contributed by atoms with van der Waals surface area (Å²) in [6.45, 7) is 2.14. The molecule has 0 heterocycles. The van der Waals surface area contributed by atoms with E-state index in [4.69, 9.17) is 0 Å².